The Morgan fingerprint density at radius 1 is 1.17 bits per heavy atom. The van der Waals surface area contributed by atoms with Gasteiger partial charge in [0.05, 0.1) is 10.6 Å². The van der Waals surface area contributed by atoms with Crippen LogP contribution < -0.4 is 15.8 Å². The Hall–Kier alpha value is -2.51. The number of hydrazine groups is 1. The van der Waals surface area contributed by atoms with E-state index in [4.69, 9.17) is 12.2 Å². The van der Waals surface area contributed by atoms with Crippen LogP contribution in [0, 0.1) is 10.1 Å². The zero-order chi connectivity index (χ0) is 17.2. The molecule has 2 aromatic carbocycles. The van der Waals surface area contributed by atoms with Crippen molar-refractivity contribution in [1.29, 1.82) is 0 Å². The van der Waals surface area contributed by atoms with Crippen LogP contribution in [0.15, 0.2) is 54.6 Å². The quantitative estimate of drug-likeness (QED) is 0.494. The molecule has 1 heterocycles. The molecule has 2 aromatic rings. The van der Waals surface area contributed by atoms with Crippen molar-refractivity contribution in [1.82, 2.24) is 10.7 Å². The molecule has 0 amide bonds. The molecular weight excluding hydrogens is 324 g/mol. The minimum atomic E-state index is -0.415. The maximum atomic E-state index is 10.8. The first-order chi connectivity index (χ1) is 11.5. The Balaban J connectivity index is 1.69. The van der Waals surface area contributed by atoms with E-state index in [0.29, 0.717) is 5.11 Å². The highest BCUT2D eigenvalue weighted by molar-refractivity contribution is 7.80. The Labute approximate surface area is 145 Å². The van der Waals surface area contributed by atoms with Crippen molar-refractivity contribution in [3.63, 3.8) is 0 Å². The number of aryl methyl sites for hydroxylation is 1. The van der Waals surface area contributed by atoms with Gasteiger partial charge in [0, 0.05) is 12.1 Å². The Kier molecular flexibility index (Phi) is 4.46. The lowest BCUT2D eigenvalue weighted by atomic mass is 10.0. The molecule has 3 rings (SSSR count). The van der Waals surface area contributed by atoms with Crippen molar-refractivity contribution in [3.05, 3.63) is 70.3 Å². The average Bonchev–Trinajstić information content (AvgIpc) is 2.89. The molecule has 1 atom stereocenters. The smallest absolute Gasteiger partial charge is 0.269 e. The molecule has 24 heavy (non-hydrogen) atoms. The molecule has 0 saturated carbocycles. The number of non-ortho nitro benzene ring substituents is 1. The van der Waals surface area contributed by atoms with Crippen molar-refractivity contribution in [3.8, 4) is 0 Å². The van der Waals surface area contributed by atoms with Crippen molar-refractivity contribution in [2.45, 2.75) is 25.4 Å². The molecule has 0 aliphatic carbocycles. The number of hydrogen-bond acceptors (Lipinski definition) is 4. The lowest BCUT2D eigenvalue weighted by Crippen LogP contribution is -2.48. The summed E-state index contributed by atoms with van der Waals surface area (Å²) in [7, 11) is 0. The second-order valence-corrected chi connectivity index (χ2v) is 6.36. The number of nitro groups is 1. The van der Waals surface area contributed by atoms with Gasteiger partial charge in [0.2, 0.25) is 0 Å². The van der Waals surface area contributed by atoms with E-state index in [2.05, 4.69) is 22.9 Å². The molecule has 0 bridgehead atoms. The second kappa shape index (κ2) is 6.54. The largest absolute Gasteiger partial charge is 0.342 e. The van der Waals surface area contributed by atoms with E-state index >= 15 is 0 Å². The summed E-state index contributed by atoms with van der Waals surface area (Å²) >= 11 is 5.41. The summed E-state index contributed by atoms with van der Waals surface area (Å²) in [6, 6.07) is 16.6. The van der Waals surface area contributed by atoms with Gasteiger partial charge in [0.1, 0.15) is 5.66 Å². The number of anilines is 1. The number of nitro benzene ring substituents is 1. The van der Waals surface area contributed by atoms with Gasteiger partial charge in [-0.1, -0.05) is 30.3 Å². The number of rotatable bonds is 5. The fourth-order valence-electron chi connectivity index (χ4n) is 2.68. The van der Waals surface area contributed by atoms with Gasteiger partial charge in [0.25, 0.3) is 5.69 Å². The van der Waals surface area contributed by atoms with E-state index in [9.17, 15) is 10.1 Å². The molecular formula is C17H18N4O2S. The van der Waals surface area contributed by atoms with Crippen molar-refractivity contribution >= 4 is 28.7 Å². The first kappa shape index (κ1) is 16.4. The predicted molar refractivity (Wildman–Crippen MR) is 97.6 cm³/mol. The van der Waals surface area contributed by atoms with E-state index in [1.54, 1.807) is 17.1 Å². The highest BCUT2D eigenvalue weighted by Crippen LogP contribution is 2.24. The second-order valence-electron chi connectivity index (χ2n) is 5.97. The van der Waals surface area contributed by atoms with E-state index in [1.165, 1.54) is 17.7 Å². The van der Waals surface area contributed by atoms with Gasteiger partial charge >= 0.3 is 0 Å². The fourth-order valence-corrected chi connectivity index (χ4v) is 3.06. The Morgan fingerprint density at radius 2 is 1.83 bits per heavy atom. The molecule has 7 heteroatoms. The normalized spacial score (nSPS) is 20.0. The summed E-state index contributed by atoms with van der Waals surface area (Å²) in [6.45, 7) is 2.05. The lowest BCUT2D eigenvalue weighted by molar-refractivity contribution is -0.384. The van der Waals surface area contributed by atoms with Crippen molar-refractivity contribution in [2.24, 2.45) is 0 Å². The summed E-state index contributed by atoms with van der Waals surface area (Å²) in [5.41, 5.74) is 5.09. The first-order valence-corrected chi connectivity index (χ1v) is 8.06. The molecule has 0 spiro atoms. The van der Waals surface area contributed by atoms with Gasteiger partial charge < -0.3 is 5.32 Å². The summed E-state index contributed by atoms with van der Waals surface area (Å²) in [6.07, 6.45) is 1.76. The predicted octanol–water partition coefficient (Wildman–Crippen LogP) is 3.14. The number of benzene rings is 2. The molecule has 1 aliphatic rings. The molecule has 124 valence electrons. The summed E-state index contributed by atoms with van der Waals surface area (Å²) in [5, 5.41) is 16.4. The SMILES string of the molecule is CC1(CCc2ccccc2)NC(=S)N(c2ccc([N+](=O)[O-])cc2)N1. The first-order valence-electron chi connectivity index (χ1n) is 7.65. The van der Waals surface area contributed by atoms with Gasteiger partial charge in [-0.15, -0.1) is 0 Å². The van der Waals surface area contributed by atoms with E-state index < -0.39 is 4.92 Å². The van der Waals surface area contributed by atoms with Gasteiger partial charge in [0.15, 0.2) is 5.11 Å². The molecule has 1 saturated heterocycles. The average molecular weight is 342 g/mol. The zero-order valence-corrected chi connectivity index (χ0v) is 14.0. The zero-order valence-electron chi connectivity index (χ0n) is 13.2. The summed E-state index contributed by atoms with van der Waals surface area (Å²) in [4.78, 5) is 10.3. The van der Waals surface area contributed by atoms with Crippen LogP contribution in [0.3, 0.4) is 0 Å². The Morgan fingerprint density at radius 3 is 2.46 bits per heavy atom. The third-order valence-electron chi connectivity index (χ3n) is 4.02. The minimum Gasteiger partial charge on any atom is -0.342 e. The van der Waals surface area contributed by atoms with Crippen molar-refractivity contribution < 1.29 is 4.92 Å². The minimum absolute atomic E-state index is 0.0589. The lowest BCUT2D eigenvalue weighted by Gasteiger charge is -2.25. The molecule has 0 aromatic heterocycles. The van der Waals surface area contributed by atoms with Gasteiger partial charge in [-0.2, -0.15) is 0 Å². The van der Waals surface area contributed by atoms with Crippen LogP contribution in [-0.4, -0.2) is 15.7 Å². The maximum Gasteiger partial charge on any atom is 0.269 e. The number of nitrogens with zero attached hydrogens (tertiary/aromatic N) is 2. The van der Waals surface area contributed by atoms with E-state index in [-0.39, 0.29) is 11.4 Å². The van der Waals surface area contributed by atoms with Crippen LogP contribution in [0.2, 0.25) is 0 Å². The van der Waals surface area contributed by atoms with Gasteiger partial charge in [-0.25, -0.2) is 5.43 Å². The van der Waals surface area contributed by atoms with Crippen LogP contribution in [-0.2, 0) is 6.42 Å². The van der Waals surface area contributed by atoms with Gasteiger partial charge in [-0.05, 0) is 49.7 Å². The van der Waals surface area contributed by atoms with Crippen LogP contribution >= 0.6 is 12.2 Å². The molecule has 6 nitrogen and oxygen atoms in total. The summed E-state index contributed by atoms with van der Waals surface area (Å²) < 4.78 is 0. The van der Waals surface area contributed by atoms with Crippen LogP contribution in [0.25, 0.3) is 0 Å². The van der Waals surface area contributed by atoms with Crippen LogP contribution in [0.1, 0.15) is 18.9 Å². The fraction of sp³-hybridized carbons (Fsp3) is 0.235. The van der Waals surface area contributed by atoms with Gasteiger partial charge in [-0.3, -0.25) is 15.1 Å². The monoisotopic (exact) mass is 342 g/mol. The molecule has 1 fully saturated rings. The van der Waals surface area contributed by atoms with E-state index in [0.717, 1.165) is 18.5 Å². The Bertz CT molecular complexity index is 751. The third kappa shape index (κ3) is 3.52. The third-order valence-corrected chi connectivity index (χ3v) is 4.30. The van der Waals surface area contributed by atoms with E-state index in [1.807, 2.05) is 25.1 Å². The molecule has 0 radical (unpaired) electrons. The van der Waals surface area contributed by atoms with Crippen LogP contribution in [0.5, 0.6) is 0 Å². The number of nitrogens with one attached hydrogen (secondary N) is 2. The highest BCUT2D eigenvalue weighted by Gasteiger charge is 2.36. The summed E-state index contributed by atoms with van der Waals surface area (Å²) in [5.74, 6) is 0. The number of thiocarbonyl (C=S) groups is 1. The maximum absolute atomic E-state index is 10.8. The standard InChI is InChI=1S/C17H18N4O2S/c1-17(12-11-13-5-3-2-4-6-13)18-16(24)20(19-17)14-7-9-15(10-8-14)21(22)23/h2-10,19H,11-12H2,1H3,(H,18,24). The highest BCUT2D eigenvalue weighted by atomic mass is 32.1. The molecule has 1 unspecified atom stereocenters. The van der Waals surface area contributed by atoms with Crippen LogP contribution in [0.4, 0.5) is 11.4 Å². The molecule has 1 aliphatic heterocycles. The topological polar surface area (TPSA) is 70.4 Å². The number of hydrogen-bond donors (Lipinski definition) is 2. The molecule has 2 N–H and O–H groups in total. The van der Waals surface area contributed by atoms with Crippen molar-refractivity contribution in [2.75, 3.05) is 5.01 Å².